The lowest BCUT2D eigenvalue weighted by Crippen LogP contribution is -2.11. The average molecular weight is 203 g/mol. The summed E-state index contributed by atoms with van der Waals surface area (Å²) in [6.45, 7) is 0. The highest BCUT2D eigenvalue weighted by atomic mass is 35.5. The number of amides is 1. The quantitative estimate of drug-likeness (QED) is 0.587. The Hall–Kier alpha value is -1.03. The van der Waals surface area contributed by atoms with Crippen LogP contribution in [0.4, 0.5) is 5.82 Å². The summed E-state index contributed by atoms with van der Waals surface area (Å²) in [6.07, 6.45) is 3.54. The van der Waals surface area contributed by atoms with E-state index in [1.165, 1.54) is 6.26 Å². The van der Waals surface area contributed by atoms with Gasteiger partial charge in [-0.2, -0.15) is 0 Å². The molecule has 0 atom stereocenters. The number of anilines is 1. The first-order chi connectivity index (χ1) is 6.33. The molecule has 0 bridgehead atoms. The Balaban J connectivity index is 2.18. The Morgan fingerprint density at radius 2 is 2.46 bits per heavy atom. The van der Waals surface area contributed by atoms with Gasteiger partial charge >= 0.3 is 0 Å². The van der Waals surface area contributed by atoms with Crippen LogP contribution in [0, 0.1) is 0 Å². The van der Waals surface area contributed by atoms with Gasteiger partial charge in [0, 0.05) is 18.4 Å². The molecule has 1 heterocycles. The Morgan fingerprint density at radius 1 is 1.62 bits per heavy atom. The number of carbonyl (C=O) groups excluding carboxylic acids is 1. The molecule has 0 fully saturated rings. The van der Waals surface area contributed by atoms with Crippen molar-refractivity contribution in [3.8, 4) is 0 Å². The van der Waals surface area contributed by atoms with Crippen LogP contribution in [0.25, 0.3) is 0 Å². The number of hydrogen-bond donors (Lipinski definition) is 1. The SMILES string of the molecule is O=C(CCCCCl)Nc1ccon1. The highest BCUT2D eigenvalue weighted by molar-refractivity contribution is 6.17. The third-order valence-electron chi connectivity index (χ3n) is 1.49. The number of nitrogens with one attached hydrogen (secondary N) is 1. The summed E-state index contributed by atoms with van der Waals surface area (Å²) in [4.78, 5) is 11.1. The Labute approximate surface area is 81.2 Å². The predicted octanol–water partition coefficient (Wildman–Crippen LogP) is 2.02. The summed E-state index contributed by atoms with van der Waals surface area (Å²) in [5.41, 5.74) is 0. The molecule has 5 heteroatoms. The fourth-order valence-electron chi connectivity index (χ4n) is 0.862. The number of unbranched alkanes of at least 4 members (excludes halogenated alkanes) is 1. The molecule has 0 aliphatic heterocycles. The number of carbonyl (C=O) groups is 1. The normalized spacial score (nSPS) is 9.92. The second-order valence-electron chi connectivity index (χ2n) is 2.58. The first-order valence-corrected chi connectivity index (χ1v) is 4.62. The molecule has 72 valence electrons. The molecular formula is C8H11ClN2O2. The minimum atomic E-state index is -0.0565. The largest absolute Gasteiger partial charge is 0.363 e. The molecule has 0 saturated carbocycles. The maximum atomic E-state index is 11.1. The van der Waals surface area contributed by atoms with E-state index in [1.54, 1.807) is 6.07 Å². The van der Waals surface area contributed by atoms with Gasteiger partial charge in [0.25, 0.3) is 0 Å². The van der Waals surface area contributed by atoms with Gasteiger partial charge in [-0.3, -0.25) is 4.79 Å². The monoisotopic (exact) mass is 202 g/mol. The van der Waals surface area contributed by atoms with Crippen LogP contribution >= 0.6 is 11.6 Å². The van der Waals surface area contributed by atoms with Crippen molar-refractivity contribution in [3.63, 3.8) is 0 Å². The highest BCUT2D eigenvalue weighted by Gasteiger charge is 2.03. The first kappa shape index (κ1) is 10.1. The van der Waals surface area contributed by atoms with Crippen molar-refractivity contribution < 1.29 is 9.32 Å². The van der Waals surface area contributed by atoms with Gasteiger partial charge in [-0.25, -0.2) is 0 Å². The summed E-state index contributed by atoms with van der Waals surface area (Å²) in [5, 5.41) is 6.15. The maximum absolute atomic E-state index is 11.1. The minimum Gasteiger partial charge on any atom is -0.363 e. The zero-order chi connectivity index (χ0) is 9.52. The van der Waals surface area contributed by atoms with Gasteiger partial charge < -0.3 is 9.84 Å². The van der Waals surface area contributed by atoms with Crippen molar-refractivity contribution in [2.75, 3.05) is 11.2 Å². The van der Waals surface area contributed by atoms with E-state index in [-0.39, 0.29) is 5.91 Å². The molecule has 1 aromatic heterocycles. The molecule has 1 aromatic rings. The third kappa shape index (κ3) is 3.94. The van der Waals surface area contributed by atoms with Crippen LogP contribution in [0.1, 0.15) is 19.3 Å². The second-order valence-corrected chi connectivity index (χ2v) is 2.96. The Kier molecular flexibility index (Phi) is 4.32. The molecule has 1 N–H and O–H groups in total. The number of nitrogens with zero attached hydrogens (tertiary/aromatic N) is 1. The van der Waals surface area contributed by atoms with Crippen LogP contribution in [0.5, 0.6) is 0 Å². The zero-order valence-electron chi connectivity index (χ0n) is 7.12. The Morgan fingerprint density at radius 3 is 3.08 bits per heavy atom. The van der Waals surface area contributed by atoms with E-state index in [1.807, 2.05) is 0 Å². The van der Waals surface area contributed by atoms with Crippen LogP contribution in [0.3, 0.4) is 0 Å². The summed E-state index contributed by atoms with van der Waals surface area (Å²) in [7, 11) is 0. The topological polar surface area (TPSA) is 55.1 Å². The van der Waals surface area contributed by atoms with Crippen LogP contribution in [0.15, 0.2) is 16.9 Å². The molecule has 0 unspecified atom stereocenters. The van der Waals surface area contributed by atoms with Crippen molar-refractivity contribution in [1.29, 1.82) is 0 Å². The third-order valence-corrected chi connectivity index (χ3v) is 1.76. The maximum Gasteiger partial charge on any atom is 0.225 e. The molecule has 0 saturated heterocycles. The van der Waals surface area contributed by atoms with Crippen molar-refractivity contribution in [2.24, 2.45) is 0 Å². The van der Waals surface area contributed by atoms with Crippen molar-refractivity contribution in [1.82, 2.24) is 5.16 Å². The van der Waals surface area contributed by atoms with Crippen LogP contribution in [-0.4, -0.2) is 16.9 Å². The van der Waals surface area contributed by atoms with E-state index < -0.39 is 0 Å². The highest BCUT2D eigenvalue weighted by Crippen LogP contribution is 2.04. The summed E-state index contributed by atoms with van der Waals surface area (Å²) in [5.74, 6) is 0.993. The predicted molar refractivity (Wildman–Crippen MR) is 49.7 cm³/mol. The summed E-state index contributed by atoms with van der Waals surface area (Å²) >= 11 is 5.47. The molecule has 0 aromatic carbocycles. The lowest BCUT2D eigenvalue weighted by Gasteiger charge is -1.99. The van der Waals surface area contributed by atoms with E-state index in [2.05, 4.69) is 15.0 Å². The number of halogens is 1. The summed E-state index contributed by atoms with van der Waals surface area (Å²) < 4.78 is 4.56. The lowest BCUT2D eigenvalue weighted by molar-refractivity contribution is -0.116. The van der Waals surface area contributed by atoms with Crippen molar-refractivity contribution >= 4 is 23.3 Å². The van der Waals surface area contributed by atoms with Gasteiger partial charge in [0.15, 0.2) is 5.82 Å². The van der Waals surface area contributed by atoms with Gasteiger partial charge in [-0.1, -0.05) is 5.16 Å². The second kappa shape index (κ2) is 5.59. The molecule has 13 heavy (non-hydrogen) atoms. The lowest BCUT2D eigenvalue weighted by atomic mass is 10.2. The van der Waals surface area contributed by atoms with Crippen LogP contribution < -0.4 is 5.32 Å². The molecule has 0 radical (unpaired) electrons. The van der Waals surface area contributed by atoms with E-state index >= 15 is 0 Å². The fraction of sp³-hybridized carbons (Fsp3) is 0.500. The molecule has 0 aliphatic rings. The fourth-order valence-corrected chi connectivity index (χ4v) is 1.05. The average Bonchev–Trinajstić information content (AvgIpc) is 2.57. The van der Waals surface area contributed by atoms with E-state index in [0.717, 1.165) is 12.8 Å². The van der Waals surface area contributed by atoms with Crippen molar-refractivity contribution in [2.45, 2.75) is 19.3 Å². The molecule has 1 rings (SSSR count). The smallest absolute Gasteiger partial charge is 0.225 e. The van der Waals surface area contributed by atoms with Gasteiger partial charge in [0.2, 0.25) is 5.91 Å². The number of rotatable bonds is 5. The molecule has 0 aliphatic carbocycles. The molecule has 0 spiro atoms. The van der Waals surface area contributed by atoms with E-state index in [4.69, 9.17) is 11.6 Å². The molecule has 1 amide bonds. The molecule has 4 nitrogen and oxygen atoms in total. The number of alkyl halides is 1. The van der Waals surface area contributed by atoms with E-state index in [0.29, 0.717) is 18.1 Å². The van der Waals surface area contributed by atoms with Gasteiger partial charge in [-0.05, 0) is 12.8 Å². The van der Waals surface area contributed by atoms with Gasteiger partial charge in [0.1, 0.15) is 6.26 Å². The first-order valence-electron chi connectivity index (χ1n) is 4.09. The summed E-state index contributed by atoms with van der Waals surface area (Å²) in [6, 6.07) is 1.60. The van der Waals surface area contributed by atoms with E-state index in [9.17, 15) is 4.79 Å². The van der Waals surface area contributed by atoms with Crippen LogP contribution in [-0.2, 0) is 4.79 Å². The standard InChI is InChI=1S/C8H11ClN2O2/c9-5-2-1-3-8(12)10-7-4-6-13-11-7/h4,6H,1-3,5H2,(H,10,11,12). The number of hydrogen-bond acceptors (Lipinski definition) is 3. The minimum absolute atomic E-state index is 0.0565. The Bertz CT molecular complexity index is 249. The zero-order valence-corrected chi connectivity index (χ0v) is 7.88. The molecular weight excluding hydrogens is 192 g/mol. The van der Waals surface area contributed by atoms with Crippen molar-refractivity contribution in [3.05, 3.63) is 12.3 Å². The van der Waals surface area contributed by atoms with Crippen LogP contribution in [0.2, 0.25) is 0 Å². The van der Waals surface area contributed by atoms with Gasteiger partial charge in [0.05, 0.1) is 0 Å². The number of aromatic nitrogens is 1. The van der Waals surface area contributed by atoms with Gasteiger partial charge in [-0.15, -0.1) is 11.6 Å².